The standard InChI is InChI=1S/C75H146O17P2/c1-9-68(8)54-46-38-33-34-42-50-58-75(80)92-71(62-86-73(78)56-48-40-32-26-29-37-45-53-67(6)7)64-90-94(83,84)88-60-69(76)59-87-93(81,82)89-63-70(91-74(79)57-49-41-31-25-21-17-13-11-15-19-23-28-36-44-52-66(4)5)61-85-72(77)55-47-39-30-24-20-16-12-10-14-18-22-27-35-43-51-65(2)3/h65-71,76H,9-64H2,1-8H3,(H,81,82)(H,83,84)/t68?,69?,70-,71-/m1/s1. The Morgan fingerprint density at radius 2 is 0.511 bits per heavy atom. The van der Waals surface area contributed by atoms with Gasteiger partial charge in [-0.05, 0) is 49.4 Å². The van der Waals surface area contributed by atoms with Gasteiger partial charge in [0.15, 0.2) is 12.2 Å². The molecule has 0 aliphatic heterocycles. The maximum absolute atomic E-state index is 13.1. The number of esters is 4. The highest BCUT2D eigenvalue weighted by Crippen LogP contribution is 2.45. The first-order valence-corrected chi connectivity index (χ1v) is 41.7. The Hall–Kier alpha value is -1.94. The summed E-state index contributed by atoms with van der Waals surface area (Å²) < 4.78 is 68.4. The predicted octanol–water partition coefficient (Wildman–Crippen LogP) is 21.7. The number of phosphoric acid groups is 2. The number of ether oxygens (including phenoxy) is 4. The van der Waals surface area contributed by atoms with Crippen LogP contribution < -0.4 is 0 Å². The summed E-state index contributed by atoms with van der Waals surface area (Å²) in [5, 5.41) is 10.6. The molecule has 0 aromatic rings. The summed E-state index contributed by atoms with van der Waals surface area (Å²) in [6.45, 7) is 14.1. The lowest BCUT2D eigenvalue weighted by molar-refractivity contribution is -0.161. The summed E-state index contributed by atoms with van der Waals surface area (Å²) in [7, 11) is -9.91. The number of rotatable bonds is 72. The number of carbonyl (C=O) groups excluding carboxylic acids is 4. The van der Waals surface area contributed by atoms with E-state index >= 15 is 0 Å². The normalized spacial score (nSPS) is 14.4. The van der Waals surface area contributed by atoms with Crippen molar-refractivity contribution >= 4 is 39.5 Å². The van der Waals surface area contributed by atoms with Gasteiger partial charge in [0.1, 0.15) is 19.3 Å². The molecule has 0 aromatic carbocycles. The van der Waals surface area contributed by atoms with Crippen molar-refractivity contribution in [3.05, 3.63) is 0 Å². The van der Waals surface area contributed by atoms with Gasteiger partial charge < -0.3 is 33.8 Å². The summed E-state index contributed by atoms with van der Waals surface area (Å²) >= 11 is 0. The van der Waals surface area contributed by atoms with Crippen LogP contribution in [0.5, 0.6) is 0 Å². The molecule has 0 heterocycles. The molecular weight excluding hydrogens is 1230 g/mol. The molecule has 17 nitrogen and oxygen atoms in total. The van der Waals surface area contributed by atoms with Crippen molar-refractivity contribution in [3.63, 3.8) is 0 Å². The predicted molar refractivity (Wildman–Crippen MR) is 381 cm³/mol. The minimum absolute atomic E-state index is 0.102. The minimum Gasteiger partial charge on any atom is -0.462 e. The maximum atomic E-state index is 13.1. The van der Waals surface area contributed by atoms with Gasteiger partial charge in [-0.15, -0.1) is 0 Å². The molecule has 0 radical (unpaired) electrons. The molecule has 6 atom stereocenters. The van der Waals surface area contributed by atoms with Crippen LogP contribution in [0.15, 0.2) is 0 Å². The summed E-state index contributed by atoms with van der Waals surface area (Å²) in [5.41, 5.74) is 0. The first-order chi connectivity index (χ1) is 45.1. The van der Waals surface area contributed by atoms with Crippen molar-refractivity contribution in [1.29, 1.82) is 0 Å². The topological polar surface area (TPSA) is 237 Å². The van der Waals surface area contributed by atoms with Crippen molar-refractivity contribution in [1.82, 2.24) is 0 Å². The Morgan fingerprint density at radius 1 is 0.298 bits per heavy atom. The number of unbranched alkanes of at least 4 members (excludes halogenated alkanes) is 37. The number of aliphatic hydroxyl groups excluding tert-OH is 1. The lowest BCUT2D eigenvalue weighted by Crippen LogP contribution is -2.30. The van der Waals surface area contributed by atoms with Crippen LogP contribution >= 0.6 is 15.6 Å². The third-order valence-electron chi connectivity index (χ3n) is 17.7. The van der Waals surface area contributed by atoms with Crippen LogP contribution in [0, 0.1) is 23.7 Å². The number of phosphoric ester groups is 2. The third-order valence-corrected chi connectivity index (χ3v) is 19.6. The van der Waals surface area contributed by atoms with Crippen LogP contribution in [0.3, 0.4) is 0 Å². The highest BCUT2D eigenvalue weighted by atomic mass is 31.2. The Morgan fingerprint density at radius 3 is 0.755 bits per heavy atom. The molecule has 0 bridgehead atoms. The van der Waals surface area contributed by atoms with E-state index in [9.17, 15) is 43.2 Å². The van der Waals surface area contributed by atoms with Crippen LogP contribution in [-0.4, -0.2) is 96.7 Å². The summed E-state index contributed by atoms with van der Waals surface area (Å²) in [6.07, 6.45) is 48.7. The first-order valence-electron chi connectivity index (χ1n) is 38.7. The third kappa shape index (κ3) is 67.3. The number of hydrogen-bond donors (Lipinski definition) is 3. The number of hydrogen-bond acceptors (Lipinski definition) is 15. The Bertz CT molecular complexity index is 1850. The zero-order chi connectivity index (χ0) is 69.6. The van der Waals surface area contributed by atoms with Gasteiger partial charge in [0, 0.05) is 25.7 Å². The van der Waals surface area contributed by atoms with E-state index in [0.717, 1.165) is 114 Å². The number of aliphatic hydroxyl groups is 1. The van der Waals surface area contributed by atoms with Gasteiger partial charge in [-0.2, -0.15) is 0 Å². The van der Waals surface area contributed by atoms with Gasteiger partial charge >= 0.3 is 39.5 Å². The minimum atomic E-state index is -4.96. The van der Waals surface area contributed by atoms with Crippen molar-refractivity contribution in [3.8, 4) is 0 Å². The summed E-state index contributed by atoms with van der Waals surface area (Å²) in [5.74, 6) is 0.894. The van der Waals surface area contributed by atoms with Crippen molar-refractivity contribution in [2.75, 3.05) is 39.6 Å². The van der Waals surface area contributed by atoms with E-state index < -0.39 is 97.5 Å². The smallest absolute Gasteiger partial charge is 0.462 e. The van der Waals surface area contributed by atoms with Gasteiger partial charge in [-0.25, -0.2) is 9.13 Å². The van der Waals surface area contributed by atoms with E-state index in [2.05, 4.69) is 55.4 Å². The largest absolute Gasteiger partial charge is 0.472 e. The van der Waals surface area contributed by atoms with Crippen LogP contribution in [0.1, 0.15) is 376 Å². The average Bonchev–Trinajstić information content (AvgIpc) is 1.58. The van der Waals surface area contributed by atoms with E-state index in [-0.39, 0.29) is 25.7 Å². The first kappa shape index (κ1) is 92.1. The fourth-order valence-electron chi connectivity index (χ4n) is 11.3. The molecule has 558 valence electrons. The second kappa shape index (κ2) is 64.4. The molecule has 0 aromatic heterocycles. The van der Waals surface area contributed by atoms with E-state index in [0.29, 0.717) is 31.6 Å². The molecule has 0 rings (SSSR count). The van der Waals surface area contributed by atoms with Crippen LogP contribution in [-0.2, 0) is 65.4 Å². The van der Waals surface area contributed by atoms with Crippen LogP contribution in [0.25, 0.3) is 0 Å². The van der Waals surface area contributed by atoms with Crippen LogP contribution in [0.2, 0.25) is 0 Å². The zero-order valence-corrected chi connectivity index (χ0v) is 63.4. The SMILES string of the molecule is CCC(C)CCCCCCCCC(=O)O[C@H](COC(=O)CCCCCCCCCC(C)C)COP(=O)(O)OCC(O)COP(=O)(O)OC[C@@H](COC(=O)CCCCCCCCCCCCCCCCC(C)C)OC(=O)CCCCCCCCCCCCCCCCC(C)C. The molecule has 0 aliphatic carbocycles. The van der Waals surface area contributed by atoms with Gasteiger partial charge in [0.25, 0.3) is 0 Å². The quantitative estimate of drug-likeness (QED) is 0.0222. The van der Waals surface area contributed by atoms with Gasteiger partial charge in [-0.3, -0.25) is 37.3 Å². The molecule has 19 heteroatoms. The van der Waals surface area contributed by atoms with E-state index in [4.69, 9.17) is 37.0 Å². The lowest BCUT2D eigenvalue weighted by Gasteiger charge is -2.21. The molecule has 0 saturated carbocycles. The van der Waals surface area contributed by atoms with Crippen molar-refractivity contribution in [2.24, 2.45) is 23.7 Å². The Balaban J connectivity index is 5.23. The Kier molecular flexibility index (Phi) is 63.1. The molecule has 3 N–H and O–H groups in total. The van der Waals surface area contributed by atoms with E-state index in [1.807, 2.05) is 0 Å². The Labute approximate surface area is 575 Å². The molecule has 0 amide bonds. The van der Waals surface area contributed by atoms with Crippen molar-refractivity contribution < 1.29 is 80.2 Å². The van der Waals surface area contributed by atoms with E-state index in [1.165, 1.54) is 173 Å². The monoisotopic (exact) mass is 1380 g/mol. The van der Waals surface area contributed by atoms with E-state index in [1.54, 1.807) is 0 Å². The highest BCUT2D eigenvalue weighted by Gasteiger charge is 2.30. The lowest BCUT2D eigenvalue weighted by atomic mass is 10.00. The molecule has 0 spiro atoms. The maximum Gasteiger partial charge on any atom is 0.472 e. The fraction of sp³-hybridized carbons (Fsp3) is 0.947. The van der Waals surface area contributed by atoms with Crippen molar-refractivity contribution in [2.45, 2.75) is 395 Å². The molecule has 4 unspecified atom stereocenters. The fourth-order valence-corrected chi connectivity index (χ4v) is 12.9. The number of carbonyl (C=O) groups is 4. The zero-order valence-electron chi connectivity index (χ0n) is 61.6. The second-order valence-electron chi connectivity index (χ2n) is 28.7. The molecule has 0 aliphatic rings. The molecule has 94 heavy (non-hydrogen) atoms. The van der Waals surface area contributed by atoms with Gasteiger partial charge in [0.05, 0.1) is 26.4 Å². The summed E-state index contributed by atoms with van der Waals surface area (Å²) in [4.78, 5) is 72.7. The van der Waals surface area contributed by atoms with Gasteiger partial charge in [-0.1, -0.05) is 325 Å². The molecule has 0 saturated heterocycles. The van der Waals surface area contributed by atoms with Crippen LogP contribution in [0.4, 0.5) is 0 Å². The molecule has 0 fully saturated rings. The summed E-state index contributed by atoms with van der Waals surface area (Å²) in [6, 6.07) is 0. The van der Waals surface area contributed by atoms with Gasteiger partial charge in [0.2, 0.25) is 0 Å². The average molecular weight is 1380 g/mol. The molecular formula is C75H146O17P2. The second-order valence-corrected chi connectivity index (χ2v) is 31.6. The highest BCUT2D eigenvalue weighted by molar-refractivity contribution is 7.47.